The summed E-state index contributed by atoms with van der Waals surface area (Å²) in [5.41, 5.74) is 4.96. The van der Waals surface area contributed by atoms with Crippen LogP contribution in [-0.2, 0) is 14.3 Å². The van der Waals surface area contributed by atoms with E-state index in [0.717, 1.165) is 62.4 Å². The van der Waals surface area contributed by atoms with Crippen molar-refractivity contribution in [2.75, 3.05) is 39.5 Å². The number of aliphatic hydroxyl groups excluding tert-OH is 1. The molecule has 0 aromatic rings. The first-order chi connectivity index (χ1) is 18.1. The first kappa shape index (κ1) is 25.4. The van der Waals surface area contributed by atoms with Crippen molar-refractivity contribution in [3.05, 3.63) is 52.4 Å². The number of nitrogens with zero attached hydrogens (tertiary/aromatic N) is 4. The summed E-state index contributed by atoms with van der Waals surface area (Å²) in [7, 11) is 0. The quantitative estimate of drug-likeness (QED) is 0.271. The van der Waals surface area contributed by atoms with E-state index in [0.29, 0.717) is 18.9 Å². The van der Waals surface area contributed by atoms with Gasteiger partial charge < -0.3 is 30.1 Å². The van der Waals surface area contributed by atoms with Gasteiger partial charge in [0.25, 0.3) is 5.91 Å². The van der Waals surface area contributed by atoms with Crippen LogP contribution in [-0.4, -0.2) is 90.7 Å². The van der Waals surface area contributed by atoms with Crippen molar-refractivity contribution in [1.82, 2.24) is 26.0 Å². The molecule has 200 valence electrons. The highest BCUT2D eigenvalue weighted by Crippen LogP contribution is 2.26. The zero-order valence-electron chi connectivity index (χ0n) is 20.8. The summed E-state index contributed by atoms with van der Waals surface area (Å²) in [5.74, 6) is 1.63. The predicted molar refractivity (Wildman–Crippen MR) is 137 cm³/mol. The number of nitrogens with one attached hydrogen (secondary N) is 3. The van der Waals surface area contributed by atoms with Gasteiger partial charge in [-0.05, 0) is 37.0 Å². The number of morpholine rings is 1. The highest BCUT2D eigenvalue weighted by Gasteiger charge is 2.34. The summed E-state index contributed by atoms with van der Waals surface area (Å²) in [5, 5.41) is 20.6. The minimum atomic E-state index is -0.915. The molecule has 4 heterocycles. The SMILES string of the molecule is O=NCC(O)COC1=CC(C2C=CC3NC=C(C(=O)NC4CCCC(N5CCOCC5)=N4)N3N2)=CCC1. The van der Waals surface area contributed by atoms with Gasteiger partial charge in [0.1, 0.15) is 43.1 Å². The molecule has 0 spiro atoms. The van der Waals surface area contributed by atoms with Crippen molar-refractivity contribution in [3.63, 3.8) is 0 Å². The molecule has 12 nitrogen and oxygen atoms in total. The molecule has 0 saturated carbocycles. The number of hydrogen-bond donors (Lipinski definition) is 4. The third-order valence-electron chi connectivity index (χ3n) is 6.99. The summed E-state index contributed by atoms with van der Waals surface area (Å²) < 4.78 is 11.1. The maximum absolute atomic E-state index is 13.3. The Morgan fingerprint density at radius 1 is 1.32 bits per heavy atom. The van der Waals surface area contributed by atoms with E-state index in [1.54, 1.807) is 6.20 Å². The number of hydrazine groups is 1. The Balaban J connectivity index is 1.19. The predicted octanol–water partition coefficient (Wildman–Crippen LogP) is 0.607. The molecule has 12 heteroatoms. The van der Waals surface area contributed by atoms with Crippen LogP contribution in [0.15, 0.2) is 57.7 Å². The van der Waals surface area contributed by atoms with Crippen LogP contribution in [0.25, 0.3) is 0 Å². The lowest BCUT2D eigenvalue weighted by Crippen LogP contribution is -2.55. The topological polar surface area (TPSA) is 140 Å². The molecule has 4 unspecified atom stereocenters. The fourth-order valence-electron chi connectivity index (χ4n) is 5.04. The maximum Gasteiger partial charge on any atom is 0.272 e. The third kappa shape index (κ3) is 6.20. The number of hydrogen-bond acceptors (Lipinski definition) is 11. The molecule has 1 aliphatic carbocycles. The van der Waals surface area contributed by atoms with Crippen molar-refractivity contribution < 1.29 is 19.4 Å². The van der Waals surface area contributed by atoms with Crippen LogP contribution in [0, 0.1) is 4.91 Å². The fourth-order valence-corrected chi connectivity index (χ4v) is 5.04. The van der Waals surface area contributed by atoms with Crippen molar-refractivity contribution in [2.45, 2.75) is 56.6 Å². The number of rotatable bonds is 8. The van der Waals surface area contributed by atoms with E-state index in [4.69, 9.17) is 14.5 Å². The van der Waals surface area contributed by atoms with E-state index in [9.17, 15) is 14.8 Å². The molecular weight excluding hydrogens is 478 g/mol. The van der Waals surface area contributed by atoms with Gasteiger partial charge in [0.15, 0.2) is 0 Å². The van der Waals surface area contributed by atoms with E-state index in [1.807, 2.05) is 17.2 Å². The first-order valence-electron chi connectivity index (χ1n) is 13.0. The molecule has 5 rings (SSSR count). The van der Waals surface area contributed by atoms with Crippen molar-refractivity contribution in [1.29, 1.82) is 0 Å². The van der Waals surface area contributed by atoms with Crippen LogP contribution >= 0.6 is 0 Å². The monoisotopic (exact) mass is 513 g/mol. The Hall–Kier alpha value is -3.22. The molecule has 1 fully saturated rings. The lowest BCUT2D eigenvalue weighted by Gasteiger charge is -2.36. The summed E-state index contributed by atoms with van der Waals surface area (Å²) in [4.78, 5) is 30.7. The summed E-state index contributed by atoms with van der Waals surface area (Å²) >= 11 is 0. The van der Waals surface area contributed by atoms with E-state index in [1.165, 1.54) is 0 Å². The van der Waals surface area contributed by atoms with Crippen LogP contribution < -0.4 is 16.1 Å². The number of amidine groups is 1. The van der Waals surface area contributed by atoms with E-state index < -0.39 is 6.10 Å². The number of carbonyl (C=O) groups is 1. The average molecular weight is 514 g/mol. The highest BCUT2D eigenvalue weighted by molar-refractivity contribution is 5.93. The van der Waals surface area contributed by atoms with Gasteiger partial charge in [-0.25, -0.2) is 10.4 Å². The lowest BCUT2D eigenvalue weighted by molar-refractivity contribution is -0.120. The molecule has 0 aromatic heterocycles. The molecule has 1 saturated heterocycles. The number of carbonyl (C=O) groups excluding carboxylic acids is 1. The molecule has 5 aliphatic rings. The van der Waals surface area contributed by atoms with Gasteiger partial charge in [0.05, 0.1) is 25.0 Å². The average Bonchev–Trinajstić information content (AvgIpc) is 3.36. The molecule has 4 aliphatic heterocycles. The van der Waals surface area contributed by atoms with Crippen molar-refractivity contribution >= 4 is 11.7 Å². The van der Waals surface area contributed by atoms with Crippen LogP contribution in [0.4, 0.5) is 0 Å². The van der Waals surface area contributed by atoms with Gasteiger partial charge >= 0.3 is 0 Å². The van der Waals surface area contributed by atoms with Gasteiger partial charge in [-0.1, -0.05) is 17.3 Å². The maximum atomic E-state index is 13.3. The molecule has 4 N–H and O–H groups in total. The Kier molecular flexibility index (Phi) is 8.17. The Morgan fingerprint density at radius 2 is 2.19 bits per heavy atom. The number of fused-ring (bicyclic) bond motifs is 1. The van der Waals surface area contributed by atoms with E-state index in [-0.39, 0.29) is 37.4 Å². The van der Waals surface area contributed by atoms with Crippen LogP contribution in [0.3, 0.4) is 0 Å². The van der Waals surface area contributed by atoms with Gasteiger partial charge in [-0.15, -0.1) is 0 Å². The second-order valence-corrected chi connectivity index (χ2v) is 9.66. The largest absolute Gasteiger partial charge is 0.495 e. The molecule has 4 atom stereocenters. The number of ether oxygens (including phenoxy) is 2. The van der Waals surface area contributed by atoms with Crippen LogP contribution in [0.5, 0.6) is 0 Å². The minimum absolute atomic E-state index is 0.0286. The molecule has 0 aromatic carbocycles. The van der Waals surface area contributed by atoms with Gasteiger partial charge in [0, 0.05) is 32.1 Å². The fraction of sp³-hybridized carbons (Fsp3) is 0.600. The number of nitroso groups, excluding NO2 is 1. The molecular formula is C25H35N7O5. The van der Waals surface area contributed by atoms with E-state index in [2.05, 4.69) is 38.3 Å². The molecule has 0 radical (unpaired) electrons. The molecule has 37 heavy (non-hydrogen) atoms. The van der Waals surface area contributed by atoms with Gasteiger partial charge in [0.2, 0.25) is 0 Å². The van der Waals surface area contributed by atoms with Gasteiger partial charge in [-0.3, -0.25) is 9.80 Å². The summed E-state index contributed by atoms with van der Waals surface area (Å²) in [6, 6.07) is -0.145. The number of allylic oxidation sites excluding steroid dienone is 2. The highest BCUT2D eigenvalue weighted by atomic mass is 16.5. The molecule has 0 bridgehead atoms. The number of aliphatic imine (C=N–C) groups is 1. The smallest absolute Gasteiger partial charge is 0.272 e. The Morgan fingerprint density at radius 3 is 3.03 bits per heavy atom. The standard InChI is InChI=1S/C25H35N7O5/c33-18(14-27-35)16-37-19-4-1-3-17(13-19)20-7-8-23-26-15-21(32(23)30-20)25(34)29-22-5-2-6-24(28-22)31-9-11-36-12-10-31/h3,7-8,13,15,18,20,22-23,26,30,33H,1-2,4-6,9-12,14,16H2,(H,29,34). The van der Waals surface area contributed by atoms with Crippen LogP contribution in [0.1, 0.15) is 32.1 Å². The van der Waals surface area contributed by atoms with Crippen molar-refractivity contribution in [2.24, 2.45) is 10.2 Å². The van der Waals surface area contributed by atoms with Crippen LogP contribution in [0.2, 0.25) is 0 Å². The number of amides is 1. The third-order valence-corrected chi connectivity index (χ3v) is 6.99. The minimum Gasteiger partial charge on any atom is -0.495 e. The first-order valence-corrected chi connectivity index (χ1v) is 13.0. The Bertz CT molecular complexity index is 1020. The van der Waals surface area contributed by atoms with Gasteiger partial charge in [-0.2, -0.15) is 4.91 Å². The zero-order chi connectivity index (χ0) is 25.6. The normalized spacial score (nSPS) is 28.2. The second-order valence-electron chi connectivity index (χ2n) is 9.66. The lowest BCUT2D eigenvalue weighted by atomic mass is 9.98. The summed E-state index contributed by atoms with van der Waals surface area (Å²) in [6.45, 7) is 2.95. The van der Waals surface area contributed by atoms with Crippen molar-refractivity contribution in [3.8, 4) is 0 Å². The Labute approximate surface area is 216 Å². The second kappa shape index (κ2) is 11.9. The summed E-state index contributed by atoms with van der Waals surface area (Å²) in [6.07, 6.45) is 12.8. The molecule has 1 amide bonds. The zero-order valence-corrected chi connectivity index (χ0v) is 20.8. The number of aliphatic hydroxyl groups is 1. The van der Waals surface area contributed by atoms with E-state index >= 15 is 0 Å².